The van der Waals surface area contributed by atoms with Crippen LogP contribution in [0.2, 0.25) is 0 Å². The summed E-state index contributed by atoms with van der Waals surface area (Å²) in [5, 5.41) is 2.43. The summed E-state index contributed by atoms with van der Waals surface area (Å²) in [5.41, 5.74) is -0.928. The van der Waals surface area contributed by atoms with Gasteiger partial charge in [0.2, 0.25) is 0 Å². The third-order valence-corrected chi connectivity index (χ3v) is 5.47. The summed E-state index contributed by atoms with van der Waals surface area (Å²) in [6, 6.07) is 3.96. The number of benzene rings is 1. The Morgan fingerprint density at radius 2 is 1.75 bits per heavy atom. The van der Waals surface area contributed by atoms with Crippen molar-refractivity contribution in [3.8, 4) is 0 Å². The van der Waals surface area contributed by atoms with Crippen LogP contribution in [0.15, 0.2) is 29.2 Å². The van der Waals surface area contributed by atoms with E-state index < -0.39 is 26.8 Å². The van der Waals surface area contributed by atoms with E-state index in [1.807, 2.05) is 0 Å². The molecule has 20 heavy (non-hydrogen) atoms. The van der Waals surface area contributed by atoms with Crippen molar-refractivity contribution in [3.63, 3.8) is 0 Å². The van der Waals surface area contributed by atoms with Gasteiger partial charge < -0.3 is 5.32 Å². The molecule has 1 aromatic rings. The van der Waals surface area contributed by atoms with Crippen molar-refractivity contribution in [2.24, 2.45) is 0 Å². The molecule has 8 heteroatoms. The molecule has 0 saturated carbocycles. The van der Waals surface area contributed by atoms with Gasteiger partial charge in [-0.05, 0) is 44.1 Å². The number of sulfone groups is 1. The second-order valence-electron chi connectivity index (χ2n) is 4.52. The Balaban J connectivity index is 0.00000200. The molecule has 3 nitrogen and oxygen atoms in total. The number of alkyl halides is 3. The maximum atomic E-state index is 12.6. The third kappa shape index (κ3) is 3.65. The van der Waals surface area contributed by atoms with Crippen LogP contribution in [0.4, 0.5) is 13.2 Å². The van der Waals surface area contributed by atoms with Crippen molar-refractivity contribution < 1.29 is 21.6 Å². The minimum absolute atomic E-state index is 0. The van der Waals surface area contributed by atoms with Gasteiger partial charge in [0.25, 0.3) is 0 Å². The first-order valence-electron chi connectivity index (χ1n) is 5.94. The minimum Gasteiger partial charge on any atom is -0.317 e. The molecule has 1 saturated heterocycles. The minimum atomic E-state index is -4.53. The molecule has 1 aliphatic heterocycles. The Bertz CT molecular complexity index is 554. The number of halogens is 4. The van der Waals surface area contributed by atoms with E-state index in [1.54, 1.807) is 0 Å². The molecule has 114 valence electrons. The third-order valence-electron chi connectivity index (χ3n) is 3.21. The summed E-state index contributed by atoms with van der Waals surface area (Å²) in [6.07, 6.45) is -3.67. The van der Waals surface area contributed by atoms with Crippen LogP contribution in [0.3, 0.4) is 0 Å². The largest absolute Gasteiger partial charge is 0.416 e. The van der Waals surface area contributed by atoms with Crippen LogP contribution in [-0.4, -0.2) is 26.8 Å². The van der Waals surface area contributed by atoms with Crippen molar-refractivity contribution in [3.05, 3.63) is 29.8 Å². The van der Waals surface area contributed by atoms with E-state index in [-0.39, 0.29) is 17.3 Å². The van der Waals surface area contributed by atoms with E-state index >= 15 is 0 Å². The molecular formula is C12H15ClF3NO2S. The molecule has 0 radical (unpaired) electrons. The van der Waals surface area contributed by atoms with Crippen LogP contribution in [0.1, 0.15) is 18.4 Å². The molecule has 0 amide bonds. The average molecular weight is 330 g/mol. The second-order valence-corrected chi connectivity index (χ2v) is 6.75. The Hall–Kier alpha value is -0.790. The molecule has 2 rings (SSSR count). The predicted octanol–water partition coefficient (Wildman–Crippen LogP) is 2.65. The normalized spacial score (nSPS) is 17.6. The zero-order valence-corrected chi connectivity index (χ0v) is 12.1. The first-order chi connectivity index (χ1) is 8.82. The van der Waals surface area contributed by atoms with Crippen LogP contribution >= 0.6 is 12.4 Å². The Morgan fingerprint density at radius 3 is 2.30 bits per heavy atom. The molecule has 1 fully saturated rings. The maximum absolute atomic E-state index is 12.6. The van der Waals surface area contributed by atoms with Gasteiger partial charge in [0.1, 0.15) is 0 Å². The number of hydrogen-bond donors (Lipinski definition) is 1. The van der Waals surface area contributed by atoms with Gasteiger partial charge in [-0.25, -0.2) is 8.42 Å². The highest BCUT2D eigenvalue weighted by Crippen LogP contribution is 2.32. The van der Waals surface area contributed by atoms with E-state index in [0.29, 0.717) is 25.9 Å². The monoisotopic (exact) mass is 329 g/mol. The van der Waals surface area contributed by atoms with Crippen molar-refractivity contribution in [1.29, 1.82) is 0 Å². The van der Waals surface area contributed by atoms with E-state index in [1.165, 1.54) is 6.07 Å². The molecule has 0 bridgehead atoms. The molecule has 0 aliphatic carbocycles. The highest BCUT2D eigenvalue weighted by molar-refractivity contribution is 7.92. The lowest BCUT2D eigenvalue weighted by Crippen LogP contribution is -2.35. The van der Waals surface area contributed by atoms with E-state index in [0.717, 1.165) is 18.2 Å². The first-order valence-corrected chi connectivity index (χ1v) is 7.48. The van der Waals surface area contributed by atoms with E-state index in [9.17, 15) is 21.6 Å². The Labute approximate surface area is 121 Å². The van der Waals surface area contributed by atoms with Crippen LogP contribution in [0, 0.1) is 0 Å². The fourth-order valence-corrected chi connectivity index (χ4v) is 3.95. The van der Waals surface area contributed by atoms with Crippen molar-refractivity contribution in [1.82, 2.24) is 5.32 Å². The van der Waals surface area contributed by atoms with Crippen LogP contribution in [-0.2, 0) is 16.0 Å². The van der Waals surface area contributed by atoms with Gasteiger partial charge in [0.05, 0.1) is 15.7 Å². The highest BCUT2D eigenvalue weighted by atomic mass is 35.5. The Kier molecular flexibility index (Phi) is 5.46. The molecule has 1 aromatic carbocycles. The second kappa shape index (κ2) is 6.32. The van der Waals surface area contributed by atoms with Gasteiger partial charge in [-0.15, -0.1) is 12.4 Å². The van der Waals surface area contributed by atoms with Gasteiger partial charge in [0, 0.05) is 0 Å². The quantitative estimate of drug-likeness (QED) is 0.907. The summed E-state index contributed by atoms with van der Waals surface area (Å²) < 4.78 is 62.3. The summed E-state index contributed by atoms with van der Waals surface area (Å²) >= 11 is 0. The highest BCUT2D eigenvalue weighted by Gasteiger charge is 2.34. The summed E-state index contributed by atoms with van der Waals surface area (Å²) in [5.74, 6) is 0. The first kappa shape index (κ1) is 17.3. The lowest BCUT2D eigenvalue weighted by Gasteiger charge is -2.23. The zero-order chi connectivity index (χ0) is 14.1. The summed E-state index contributed by atoms with van der Waals surface area (Å²) in [6.45, 7) is 1.14. The number of nitrogens with one attached hydrogen (secondary N) is 1. The van der Waals surface area contributed by atoms with E-state index in [2.05, 4.69) is 5.32 Å². The van der Waals surface area contributed by atoms with Crippen molar-refractivity contribution in [2.45, 2.75) is 29.2 Å². The molecule has 0 spiro atoms. The summed E-state index contributed by atoms with van der Waals surface area (Å²) in [4.78, 5) is -0.241. The smallest absolute Gasteiger partial charge is 0.317 e. The van der Waals surface area contributed by atoms with Crippen LogP contribution in [0.5, 0.6) is 0 Å². The number of rotatable bonds is 2. The van der Waals surface area contributed by atoms with Crippen LogP contribution < -0.4 is 5.32 Å². The van der Waals surface area contributed by atoms with Gasteiger partial charge in [0.15, 0.2) is 9.84 Å². The SMILES string of the molecule is Cl.O=S(=O)(c1cccc(C(F)(F)F)c1)C1CCNCC1. The molecular weight excluding hydrogens is 315 g/mol. The molecule has 1 heterocycles. The van der Waals surface area contributed by atoms with Gasteiger partial charge >= 0.3 is 6.18 Å². The summed E-state index contributed by atoms with van der Waals surface area (Å²) in [7, 11) is -3.68. The van der Waals surface area contributed by atoms with Gasteiger partial charge in [-0.1, -0.05) is 6.07 Å². The molecule has 0 unspecified atom stereocenters. The number of hydrogen-bond acceptors (Lipinski definition) is 3. The standard InChI is InChI=1S/C12H14F3NO2S.ClH/c13-12(14,15)9-2-1-3-11(8-9)19(17,18)10-4-6-16-7-5-10;/h1-3,8,10,16H,4-7H2;1H. The maximum Gasteiger partial charge on any atom is 0.416 e. The lowest BCUT2D eigenvalue weighted by molar-refractivity contribution is -0.137. The van der Waals surface area contributed by atoms with Gasteiger partial charge in [-0.3, -0.25) is 0 Å². The van der Waals surface area contributed by atoms with Crippen molar-refractivity contribution in [2.75, 3.05) is 13.1 Å². The average Bonchev–Trinajstić information content (AvgIpc) is 2.39. The van der Waals surface area contributed by atoms with Crippen molar-refractivity contribution >= 4 is 22.2 Å². The molecule has 1 aliphatic rings. The lowest BCUT2D eigenvalue weighted by atomic mass is 10.2. The molecule has 1 N–H and O–H groups in total. The fourth-order valence-electron chi connectivity index (χ4n) is 2.15. The molecule has 0 atom stereocenters. The van der Waals surface area contributed by atoms with Gasteiger partial charge in [-0.2, -0.15) is 13.2 Å². The topological polar surface area (TPSA) is 46.2 Å². The Morgan fingerprint density at radius 1 is 1.15 bits per heavy atom. The fraction of sp³-hybridized carbons (Fsp3) is 0.500. The van der Waals surface area contributed by atoms with Crippen LogP contribution in [0.25, 0.3) is 0 Å². The zero-order valence-electron chi connectivity index (χ0n) is 10.5. The molecule has 0 aromatic heterocycles. The predicted molar refractivity (Wildman–Crippen MR) is 71.8 cm³/mol. The number of piperidine rings is 1. The van der Waals surface area contributed by atoms with E-state index in [4.69, 9.17) is 0 Å².